The molecule has 0 radical (unpaired) electrons. The molecule has 0 amide bonds. The summed E-state index contributed by atoms with van der Waals surface area (Å²) in [4.78, 5) is 10.5. The summed E-state index contributed by atoms with van der Waals surface area (Å²) in [5.41, 5.74) is 11.0. The van der Waals surface area contributed by atoms with Gasteiger partial charge in [-0.3, -0.25) is 4.57 Å². The van der Waals surface area contributed by atoms with Gasteiger partial charge in [-0.05, 0) is 82.6 Å². The van der Waals surface area contributed by atoms with Crippen LogP contribution in [-0.4, -0.2) is 19.1 Å². The van der Waals surface area contributed by atoms with Gasteiger partial charge in [-0.1, -0.05) is 121 Å². The van der Waals surface area contributed by atoms with Crippen LogP contribution in [0.1, 0.15) is 0 Å². The van der Waals surface area contributed by atoms with Gasteiger partial charge in [0.15, 0.2) is 0 Å². The van der Waals surface area contributed by atoms with E-state index in [0.717, 1.165) is 38.9 Å². The highest BCUT2D eigenvalue weighted by molar-refractivity contribution is 6.15. The minimum absolute atomic E-state index is 0.663. The lowest BCUT2D eigenvalue weighted by atomic mass is 10.00. The van der Waals surface area contributed by atoms with Gasteiger partial charge in [-0.2, -0.15) is 0 Å². The fraction of sp³-hybridized carbons (Fsp3) is 0. The average molecular weight is 663 g/mol. The molecule has 4 nitrogen and oxygen atoms in total. The minimum atomic E-state index is 0.663. The van der Waals surface area contributed by atoms with Crippen molar-refractivity contribution in [1.29, 1.82) is 0 Å². The highest BCUT2D eigenvalue weighted by Gasteiger charge is 2.19. The Bertz CT molecular complexity index is 3170. The van der Waals surface area contributed by atoms with E-state index in [4.69, 9.17) is 9.97 Å². The van der Waals surface area contributed by atoms with Crippen LogP contribution in [0.25, 0.3) is 99.3 Å². The molecule has 0 aliphatic heterocycles. The molecule has 8 aromatic carbocycles. The highest BCUT2D eigenvalue weighted by atomic mass is 15.2. The minimum Gasteiger partial charge on any atom is -0.309 e. The molecule has 0 aliphatic rings. The van der Waals surface area contributed by atoms with Crippen LogP contribution >= 0.6 is 0 Å². The van der Waals surface area contributed by atoms with Crippen LogP contribution in [0.5, 0.6) is 0 Å². The first kappa shape index (κ1) is 28.8. The number of benzene rings is 8. The molecular formula is C48H30N4. The highest BCUT2D eigenvalue weighted by Crippen LogP contribution is 2.39. The maximum atomic E-state index is 5.31. The molecule has 0 spiro atoms. The monoisotopic (exact) mass is 662 g/mol. The second-order valence-electron chi connectivity index (χ2n) is 13.5. The Labute approximate surface area is 299 Å². The third-order valence-electron chi connectivity index (χ3n) is 10.5. The molecule has 0 unspecified atom stereocenters. The normalized spacial score (nSPS) is 11.8. The maximum absolute atomic E-state index is 5.31. The zero-order valence-corrected chi connectivity index (χ0v) is 28.1. The molecule has 0 atom stereocenters. The predicted octanol–water partition coefficient (Wildman–Crippen LogP) is 12.3. The van der Waals surface area contributed by atoms with Crippen molar-refractivity contribution in [2.24, 2.45) is 0 Å². The zero-order chi connectivity index (χ0) is 34.2. The van der Waals surface area contributed by atoms with E-state index < -0.39 is 0 Å². The van der Waals surface area contributed by atoms with E-state index >= 15 is 0 Å². The van der Waals surface area contributed by atoms with Crippen molar-refractivity contribution < 1.29 is 0 Å². The Morgan fingerprint density at radius 1 is 0.327 bits per heavy atom. The molecule has 0 bridgehead atoms. The average Bonchev–Trinajstić information content (AvgIpc) is 3.71. The standard InChI is InChI=1S/C48H30N4/c1-3-13-31(14-4-1)47-38-20-9-11-21-42(38)49-48(50-47)52-45-26-24-35(29-40(45)41-27-32-15-7-8-16-33(32)30-46(41)52)34-23-25-44-39(28-34)37-19-10-12-22-43(37)51(44)36-17-5-2-6-18-36/h1-30H. The molecule has 242 valence electrons. The van der Waals surface area contributed by atoms with E-state index in [1.807, 2.05) is 12.1 Å². The fourth-order valence-electron chi connectivity index (χ4n) is 8.09. The molecule has 3 aromatic heterocycles. The van der Waals surface area contributed by atoms with E-state index in [9.17, 15) is 0 Å². The number of rotatable bonds is 4. The van der Waals surface area contributed by atoms with Crippen LogP contribution in [0.3, 0.4) is 0 Å². The lowest BCUT2D eigenvalue weighted by molar-refractivity contribution is 1.01. The second kappa shape index (κ2) is 11.2. The molecule has 0 saturated carbocycles. The van der Waals surface area contributed by atoms with Gasteiger partial charge in [0.25, 0.3) is 0 Å². The summed E-state index contributed by atoms with van der Waals surface area (Å²) in [5, 5.41) is 8.26. The first-order chi connectivity index (χ1) is 25.8. The number of aromatic nitrogens is 4. The summed E-state index contributed by atoms with van der Waals surface area (Å²) >= 11 is 0. The molecule has 4 heteroatoms. The van der Waals surface area contributed by atoms with Crippen molar-refractivity contribution in [3.63, 3.8) is 0 Å². The Morgan fingerprint density at radius 3 is 1.65 bits per heavy atom. The van der Waals surface area contributed by atoms with Crippen molar-refractivity contribution in [1.82, 2.24) is 19.1 Å². The first-order valence-corrected chi connectivity index (χ1v) is 17.7. The van der Waals surface area contributed by atoms with Crippen molar-refractivity contribution in [2.75, 3.05) is 0 Å². The lowest BCUT2D eigenvalue weighted by Gasteiger charge is -2.12. The number of hydrogen-bond acceptors (Lipinski definition) is 2. The van der Waals surface area contributed by atoms with Gasteiger partial charge in [0, 0.05) is 38.2 Å². The van der Waals surface area contributed by atoms with E-state index in [2.05, 4.69) is 179 Å². The molecule has 52 heavy (non-hydrogen) atoms. The Hall–Kier alpha value is -7.04. The Kier molecular flexibility index (Phi) is 6.22. The topological polar surface area (TPSA) is 35.6 Å². The van der Waals surface area contributed by atoms with Crippen LogP contribution < -0.4 is 0 Å². The molecule has 11 aromatic rings. The second-order valence-corrected chi connectivity index (χ2v) is 13.5. The molecule has 3 heterocycles. The van der Waals surface area contributed by atoms with Gasteiger partial charge in [-0.25, -0.2) is 9.97 Å². The smallest absolute Gasteiger partial charge is 0.235 e. The van der Waals surface area contributed by atoms with Crippen LogP contribution in [0, 0.1) is 0 Å². The number of para-hydroxylation sites is 3. The number of fused-ring (bicyclic) bond motifs is 8. The van der Waals surface area contributed by atoms with E-state index in [-0.39, 0.29) is 0 Å². The summed E-state index contributed by atoms with van der Waals surface area (Å²) < 4.78 is 4.61. The van der Waals surface area contributed by atoms with Gasteiger partial charge < -0.3 is 4.57 Å². The van der Waals surface area contributed by atoms with Gasteiger partial charge >= 0.3 is 0 Å². The maximum Gasteiger partial charge on any atom is 0.235 e. The lowest BCUT2D eigenvalue weighted by Crippen LogP contribution is -2.03. The predicted molar refractivity (Wildman–Crippen MR) is 217 cm³/mol. The van der Waals surface area contributed by atoms with E-state index in [1.54, 1.807) is 0 Å². The van der Waals surface area contributed by atoms with Gasteiger partial charge in [0.2, 0.25) is 5.95 Å². The summed E-state index contributed by atoms with van der Waals surface area (Å²) in [5.74, 6) is 0.663. The van der Waals surface area contributed by atoms with Crippen LogP contribution in [0.2, 0.25) is 0 Å². The van der Waals surface area contributed by atoms with Crippen molar-refractivity contribution in [3.05, 3.63) is 182 Å². The Morgan fingerprint density at radius 2 is 0.885 bits per heavy atom. The molecule has 11 rings (SSSR count). The summed E-state index contributed by atoms with van der Waals surface area (Å²) in [6.45, 7) is 0. The van der Waals surface area contributed by atoms with E-state index in [0.29, 0.717) is 5.95 Å². The Balaban J connectivity index is 1.16. The van der Waals surface area contributed by atoms with Crippen molar-refractivity contribution in [2.45, 2.75) is 0 Å². The number of nitrogens with zero attached hydrogens (tertiary/aromatic N) is 4. The third kappa shape index (κ3) is 4.34. The third-order valence-corrected chi connectivity index (χ3v) is 10.5. The van der Waals surface area contributed by atoms with E-state index in [1.165, 1.54) is 54.5 Å². The molecule has 0 saturated heterocycles. The SMILES string of the molecule is c1ccc(-c2nc(-n3c4ccc(-c5ccc6c(c5)c5ccccc5n6-c5ccccc5)cc4c4cc5ccccc5cc43)nc3ccccc23)cc1. The molecular weight excluding hydrogens is 633 g/mol. The van der Waals surface area contributed by atoms with Crippen LogP contribution in [-0.2, 0) is 0 Å². The summed E-state index contributed by atoms with van der Waals surface area (Å²) in [6, 6.07) is 65.0. The van der Waals surface area contributed by atoms with Crippen LogP contribution in [0.15, 0.2) is 182 Å². The van der Waals surface area contributed by atoms with Gasteiger partial charge in [0.1, 0.15) is 0 Å². The van der Waals surface area contributed by atoms with Crippen LogP contribution in [0.4, 0.5) is 0 Å². The number of hydrogen-bond donors (Lipinski definition) is 0. The first-order valence-electron chi connectivity index (χ1n) is 17.7. The van der Waals surface area contributed by atoms with Crippen molar-refractivity contribution >= 4 is 65.3 Å². The molecule has 0 aliphatic carbocycles. The van der Waals surface area contributed by atoms with Gasteiger partial charge in [-0.15, -0.1) is 0 Å². The molecule has 0 N–H and O–H groups in total. The largest absolute Gasteiger partial charge is 0.309 e. The van der Waals surface area contributed by atoms with Gasteiger partial charge in [0.05, 0.1) is 33.3 Å². The quantitative estimate of drug-likeness (QED) is 0.188. The zero-order valence-electron chi connectivity index (χ0n) is 28.1. The molecule has 0 fully saturated rings. The summed E-state index contributed by atoms with van der Waals surface area (Å²) in [7, 11) is 0. The summed E-state index contributed by atoms with van der Waals surface area (Å²) in [6.07, 6.45) is 0. The fourth-order valence-corrected chi connectivity index (χ4v) is 8.09. The van der Waals surface area contributed by atoms with Crippen molar-refractivity contribution in [3.8, 4) is 34.0 Å².